The summed E-state index contributed by atoms with van der Waals surface area (Å²) in [6.45, 7) is 8.45. The average Bonchev–Trinajstić information content (AvgIpc) is 2.31. The number of aliphatic hydroxyl groups excluding tert-OH is 1. The van der Waals surface area contributed by atoms with Crippen LogP contribution in [0.5, 0.6) is 0 Å². The number of cyclic esters (lactones) is 1. The predicted octanol–water partition coefficient (Wildman–Crippen LogP) is 1.44. The van der Waals surface area contributed by atoms with E-state index >= 15 is 0 Å². The zero-order chi connectivity index (χ0) is 14.8. The third kappa shape index (κ3) is 3.35. The summed E-state index contributed by atoms with van der Waals surface area (Å²) in [7, 11) is 0. The fourth-order valence-electron chi connectivity index (χ4n) is 2.23. The second-order valence-electron chi connectivity index (χ2n) is 5.60. The van der Waals surface area contributed by atoms with Gasteiger partial charge in [0.25, 0.3) is 0 Å². The lowest BCUT2D eigenvalue weighted by atomic mass is 9.74. The van der Waals surface area contributed by atoms with E-state index in [9.17, 15) is 14.7 Å². The van der Waals surface area contributed by atoms with E-state index in [2.05, 4.69) is 0 Å². The van der Waals surface area contributed by atoms with Gasteiger partial charge in [-0.15, -0.1) is 0 Å². The van der Waals surface area contributed by atoms with Gasteiger partial charge in [-0.05, 0) is 32.4 Å². The van der Waals surface area contributed by atoms with Gasteiger partial charge in [-0.3, -0.25) is 9.59 Å². The third-order valence-corrected chi connectivity index (χ3v) is 3.62. The van der Waals surface area contributed by atoms with Gasteiger partial charge in [0.05, 0.1) is 11.5 Å². The molecule has 0 amide bonds. The highest BCUT2D eigenvalue weighted by Crippen LogP contribution is 2.37. The maximum absolute atomic E-state index is 11.9. The topological polar surface area (TPSA) is 72.8 Å². The highest BCUT2D eigenvalue weighted by molar-refractivity contribution is 5.78. The van der Waals surface area contributed by atoms with Gasteiger partial charge in [-0.1, -0.05) is 6.92 Å². The quantitative estimate of drug-likeness (QED) is 0.620. The Labute approximate surface area is 113 Å². The van der Waals surface area contributed by atoms with Crippen LogP contribution in [-0.4, -0.2) is 35.9 Å². The summed E-state index contributed by atoms with van der Waals surface area (Å²) in [5.74, 6) is -0.983. The van der Waals surface area contributed by atoms with Crippen LogP contribution in [0.3, 0.4) is 0 Å². The number of rotatable bonds is 3. The number of hydrogen-bond donors (Lipinski definition) is 1. The SMILES string of the molecule is CC(=O)OCC=C(C)[C@H]1OC(=O)C(C)(C)[C@H](O)[C@@H]1C. The van der Waals surface area contributed by atoms with Crippen LogP contribution in [0.25, 0.3) is 0 Å². The number of carbonyl (C=O) groups excluding carboxylic acids is 2. The number of esters is 2. The molecule has 0 aromatic carbocycles. The summed E-state index contributed by atoms with van der Waals surface area (Å²) >= 11 is 0. The van der Waals surface area contributed by atoms with Crippen molar-refractivity contribution in [2.45, 2.75) is 46.8 Å². The molecule has 0 unspecified atom stereocenters. The van der Waals surface area contributed by atoms with E-state index in [0.29, 0.717) is 0 Å². The molecule has 1 saturated heterocycles. The molecule has 19 heavy (non-hydrogen) atoms. The first-order valence-electron chi connectivity index (χ1n) is 6.37. The second kappa shape index (κ2) is 5.74. The Morgan fingerprint density at radius 1 is 1.47 bits per heavy atom. The Morgan fingerprint density at radius 3 is 2.58 bits per heavy atom. The molecule has 0 radical (unpaired) electrons. The van der Waals surface area contributed by atoms with Crippen LogP contribution in [-0.2, 0) is 19.1 Å². The monoisotopic (exact) mass is 270 g/mol. The van der Waals surface area contributed by atoms with E-state index < -0.39 is 23.6 Å². The summed E-state index contributed by atoms with van der Waals surface area (Å²) < 4.78 is 10.2. The van der Waals surface area contributed by atoms with Crippen molar-refractivity contribution in [3.63, 3.8) is 0 Å². The normalized spacial score (nSPS) is 30.7. The highest BCUT2D eigenvalue weighted by Gasteiger charge is 2.49. The first kappa shape index (κ1) is 15.7. The first-order chi connectivity index (χ1) is 8.67. The molecular formula is C14H22O5. The molecule has 5 nitrogen and oxygen atoms in total. The van der Waals surface area contributed by atoms with E-state index in [0.717, 1.165) is 5.57 Å². The minimum atomic E-state index is -0.897. The van der Waals surface area contributed by atoms with Gasteiger partial charge in [0.2, 0.25) is 0 Å². The Bertz CT molecular complexity index is 397. The summed E-state index contributed by atoms with van der Waals surface area (Å²) in [6.07, 6.45) is 0.447. The molecule has 0 aliphatic carbocycles. The van der Waals surface area contributed by atoms with Crippen LogP contribution < -0.4 is 0 Å². The van der Waals surface area contributed by atoms with E-state index in [1.54, 1.807) is 26.8 Å². The minimum Gasteiger partial charge on any atom is -0.462 e. The van der Waals surface area contributed by atoms with Crippen molar-refractivity contribution in [2.24, 2.45) is 11.3 Å². The van der Waals surface area contributed by atoms with Gasteiger partial charge in [-0.25, -0.2) is 0 Å². The maximum atomic E-state index is 11.9. The molecule has 1 aliphatic heterocycles. The molecule has 1 rings (SSSR count). The molecule has 5 heteroatoms. The number of hydrogen-bond acceptors (Lipinski definition) is 5. The third-order valence-electron chi connectivity index (χ3n) is 3.62. The lowest BCUT2D eigenvalue weighted by molar-refractivity contribution is -0.187. The highest BCUT2D eigenvalue weighted by atomic mass is 16.6. The molecule has 1 heterocycles. The zero-order valence-electron chi connectivity index (χ0n) is 12.1. The summed E-state index contributed by atoms with van der Waals surface area (Å²) in [5.41, 5.74) is -0.122. The van der Waals surface area contributed by atoms with Crippen LogP contribution in [0.4, 0.5) is 0 Å². The summed E-state index contributed by atoms with van der Waals surface area (Å²) in [6, 6.07) is 0. The van der Waals surface area contributed by atoms with E-state index in [-0.39, 0.29) is 18.5 Å². The van der Waals surface area contributed by atoms with Gasteiger partial charge >= 0.3 is 11.9 Å². The molecule has 0 bridgehead atoms. The molecule has 0 aromatic heterocycles. The molecule has 108 valence electrons. The van der Waals surface area contributed by atoms with Crippen LogP contribution in [0, 0.1) is 11.3 Å². The van der Waals surface area contributed by atoms with E-state index in [4.69, 9.17) is 9.47 Å². The van der Waals surface area contributed by atoms with Crippen molar-refractivity contribution in [3.8, 4) is 0 Å². The van der Waals surface area contributed by atoms with Gasteiger partial charge in [-0.2, -0.15) is 0 Å². The molecule has 1 N–H and O–H groups in total. The van der Waals surface area contributed by atoms with E-state index in [1.807, 2.05) is 6.92 Å². The maximum Gasteiger partial charge on any atom is 0.314 e. The van der Waals surface area contributed by atoms with Crippen LogP contribution in [0.15, 0.2) is 11.6 Å². The lowest BCUT2D eigenvalue weighted by Crippen LogP contribution is -2.53. The average molecular weight is 270 g/mol. The first-order valence-corrected chi connectivity index (χ1v) is 6.37. The molecular weight excluding hydrogens is 248 g/mol. The number of carbonyl (C=O) groups is 2. The molecule has 1 fully saturated rings. The number of ether oxygens (including phenoxy) is 2. The van der Waals surface area contributed by atoms with Crippen molar-refractivity contribution in [2.75, 3.05) is 6.61 Å². The van der Waals surface area contributed by atoms with Gasteiger partial charge in [0.15, 0.2) is 0 Å². The van der Waals surface area contributed by atoms with Crippen molar-refractivity contribution >= 4 is 11.9 Å². The van der Waals surface area contributed by atoms with Gasteiger partial charge in [0.1, 0.15) is 12.7 Å². The lowest BCUT2D eigenvalue weighted by Gasteiger charge is -2.42. The molecule has 0 saturated carbocycles. The Hall–Kier alpha value is -1.36. The van der Waals surface area contributed by atoms with Gasteiger partial charge in [0, 0.05) is 12.8 Å². The van der Waals surface area contributed by atoms with Gasteiger partial charge < -0.3 is 14.6 Å². The zero-order valence-corrected chi connectivity index (χ0v) is 12.1. The van der Waals surface area contributed by atoms with E-state index in [1.165, 1.54) is 6.92 Å². The van der Waals surface area contributed by atoms with Crippen molar-refractivity contribution < 1.29 is 24.2 Å². The Kier molecular flexibility index (Phi) is 4.74. The molecule has 3 atom stereocenters. The smallest absolute Gasteiger partial charge is 0.314 e. The predicted molar refractivity (Wildman–Crippen MR) is 69.2 cm³/mol. The fraction of sp³-hybridized carbons (Fsp3) is 0.714. The van der Waals surface area contributed by atoms with Crippen LogP contribution in [0.2, 0.25) is 0 Å². The number of aliphatic hydroxyl groups is 1. The van der Waals surface area contributed by atoms with Crippen molar-refractivity contribution in [3.05, 3.63) is 11.6 Å². The fourth-order valence-corrected chi connectivity index (χ4v) is 2.23. The summed E-state index contributed by atoms with van der Waals surface area (Å²) in [4.78, 5) is 22.6. The standard InChI is InChI=1S/C14H22O5/c1-8(6-7-18-10(3)15)11-9(2)12(16)14(4,5)13(17)19-11/h6,9,11-12,16H,7H2,1-5H3/t9-,11-,12-/m1/s1. The summed E-state index contributed by atoms with van der Waals surface area (Å²) in [5, 5.41) is 10.2. The van der Waals surface area contributed by atoms with Crippen LogP contribution in [0.1, 0.15) is 34.6 Å². The Balaban J connectivity index is 2.79. The Morgan fingerprint density at radius 2 is 2.05 bits per heavy atom. The second-order valence-corrected chi connectivity index (χ2v) is 5.60. The van der Waals surface area contributed by atoms with Crippen molar-refractivity contribution in [1.82, 2.24) is 0 Å². The van der Waals surface area contributed by atoms with Crippen molar-refractivity contribution in [1.29, 1.82) is 0 Å². The molecule has 0 aromatic rings. The van der Waals surface area contributed by atoms with Crippen LogP contribution >= 0.6 is 0 Å². The molecule has 0 spiro atoms. The largest absolute Gasteiger partial charge is 0.462 e. The minimum absolute atomic E-state index is 0.140. The molecule has 1 aliphatic rings.